The van der Waals surface area contributed by atoms with Crippen LogP contribution in [0.2, 0.25) is 0 Å². The van der Waals surface area contributed by atoms with Gasteiger partial charge in [0, 0.05) is 34.9 Å². The van der Waals surface area contributed by atoms with Gasteiger partial charge >= 0.3 is 0 Å². The van der Waals surface area contributed by atoms with E-state index < -0.39 is 0 Å². The van der Waals surface area contributed by atoms with Crippen LogP contribution in [0.25, 0.3) is 33.4 Å². The van der Waals surface area contributed by atoms with Crippen LogP contribution < -0.4 is 0 Å². The van der Waals surface area contributed by atoms with E-state index in [0.29, 0.717) is 18.7 Å². The van der Waals surface area contributed by atoms with Crippen LogP contribution in [0, 0.1) is 18.3 Å². The highest BCUT2D eigenvalue weighted by atomic mass is 16.2. The van der Waals surface area contributed by atoms with Gasteiger partial charge in [0.1, 0.15) is 11.3 Å². The first kappa shape index (κ1) is 19.8. The highest BCUT2D eigenvalue weighted by molar-refractivity contribution is 6.00. The Morgan fingerprint density at radius 1 is 1.38 bits per heavy atom. The zero-order valence-electron chi connectivity index (χ0n) is 18.0. The van der Waals surface area contributed by atoms with Gasteiger partial charge in [0.05, 0.1) is 30.4 Å². The number of nitriles is 1. The monoisotopic (exact) mass is 422 g/mol. The summed E-state index contributed by atoms with van der Waals surface area (Å²) >= 11 is 0. The maximum Gasteiger partial charge on any atom is 0.246 e. The minimum absolute atomic E-state index is 0.00880. The first-order chi connectivity index (χ1) is 15.5. The van der Waals surface area contributed by atoms with Crippen LogP contribution in [0.15, 0.2) is 55.4 Å². The normalized spacial score (nSPS) is 15.4. The molecule has 5 rings (SSSR count). The van der Waals surface area contributed by atoms with Gasteiger partial charge in [0.2, 0.25) is 5.91 Å². The number of hydrogen-bond acceptors (Lipinski definition) is 4. The number of aryl methyl sites for hydroxylation is 1. The topological polar surface area (TPSA) is 90.6 Å². The van der Waals surface area contributed by atoms with Crippen LogP contribution in [0.1, 0.15) is 23.7 Å². The standard InChI is InChI=1S/C25H22N6O/c1-4-21(32)30-14-20-23(19-8-9-27-25-22(19)15(2)12-28-25)24(29-31(20)13-16(30)3)18-7-5-6-17(10-18)11-26/h4-10,12,16H,1,13-14H2,2-3H3,(H,27,28)/t16-/m1/s1. The average molecular weight is 422 g/mol. The van der Waals surface area contributed by atoms with E-state index in [-0.39, 0.29) is 11.9 Å². The number of rotatable bonds is 3. The van der Waals surface area contributed by atoms with Gasteiger partial charge in [-0.3, -0.25) is 9.48 Å². The summed E-state index contributed by atoms with van der Waals surface area (Å²) in [6, 6.07) is 11.7. The van der Waals surface area contributed by atoms with Crippen molar-refractivity contribution in [2.45, 2.75) is 33.0 Å². The van der Waals surface area contributed by atoms with Crippen LogP contribution in [0.4, 0.5) is 0 Å². The molecule has 32 heavy (non-hydrogen) atoms. The largest absolute Gasteiger partial charge is 0.346 e. The average Bonchev–Trinajstić information content (AvgIpc) is 3.38. The van der Waals surface area contributed by atoms with Crippen molar-refractivity contribution >= 4 is 16.9 Å². The fourth-order valence-corrected chi connectivity index (χ4v) is 4.54. The molecule has 0 spiro atoms. The van der Waals surface area contributed by atoms with Gasteiger partial charge in [-0.15, -0.1) is 0 Å². The number of amides is 1. The van der Waals surface area contributed by atoms with Crippen molar-refractivity contribution in [3.8, 4) is 28.5 Å². The Morgan fingerprint density at radius 3 is 3.00 bits per heavy atom. The third kappa shape index (κ3) is 3.00. The van der Waals surface area contributed by atoms with Crippen molar-refractivity contribution in [3.05, 3.63) is 72.2 Å². The van der Waals surface area contributed by atoms with E-state index in [9.17, 15) is 10.1 Å². The number of carbonyl (C=O) groups excluding carboxylic acids is 1. The first-order valence-electron chi connectivity index (χ1n) is 10.5. The Kier molecular flexibility index (Phi) is 4.63. The molecule has 1 atom stereocenters. The second-order valence-electron chi connectivity index (χ2n) is 8.12. The third-order valence-electron chi connectivity index (χ3n) is 6.11. The maximum atomic E-state index is 12.5. The van der Waals surface area contributed by atoms with Gasteiger partial charge < -0.3 is 9.88 Å². The molecule has 3 aromatic heterocycles. The lowest BCUT2D eigenvalue weighted by atomic mass is 9.94. The van der Waals surface area contributed by atoms with Crippen LogP contribution in [-0.2, 0) is 17.9 Å². The van der Waals surface area contributed by atoms with Gasteiger partial charge in [0.25, 0.3) is 0 Å². The molecular formula is C25H22N6O. The van der Waals surface area contributed by atoms with E-state index in [2.05, 4.69) is 22.6 Å². The second-order valence-corrected chi connectivity index (χ2v) is 8.12. The predicted octanol–water partition coefficient (Wildman–Crippen LogP) is 4.19. The van der Waals surface area contributed by atoms with Gasteiger partial charge in [-0.25, -0.2) is 4.98 Å². The summed E-state index contributed by atoms with van der Waals surface area (Å²) in [5.74, 6) is -0.0957. The lowest BCUT2D eigenvalue weighted by Gasteiger charge is -2.33. The van der Waals surface area contributed by atoms with E-state index >= 15 is 0 Å². The number of pyridine rings is 1. The SMILES string of the molecule is C=CC(=O)N1Cc2c(-c3ccnc4[nH]cc(C)c34)c(-c3cccc(C#N)c3)nn2C[C@H]1C. The molecule has 0 fully saturated rings. The molecule has 0 saturated heterocycles. The van der Waals surface area contributed by atoms with Crippen molar-refractivity contribution in [2.75, 3.05) is 0 Å². The van der Waals surface area contributed by atoms with E-state index in [0.717, 1.165) is 44.7 Å². The fraction of sp³-hybridized carbons (Fsp3) is 0.200. The minimum Gasteiger partial charge on any atom is -0.346 e. The molecule has 1 aliphatic rings. The van der Waals surface area contributed by atoms with Crippen molar-refractivity contribution in [2.24, 2.45) is 0 Å². The molecule has 0 radical (unpaired) electrons. The van der Waals surface area contributed by atoms with Crippen molar-refractivity contribution in [3.63, 3.8) is 0 Å². The summed E-state index contributed by atoms with van der Waals surface area (Å²) < 4.78 is 2.00. The van der Waals surface area contributed by atoms with E-state index in [1.54, 1.807) is 12.3 Å². The molecule has 0 saturated carbocycles. The highest BCUT2D eigenvalue weighted by Gasteiger charge is 2.32. The highest BCUT2D eigenvalue weighted by Crippen LogP contribution is 2.41. The van der Waals surface area contributed by atoms with Crippen molar-refractivity contribution < 1.29 is 4.79 Å². The number of fused-ring (bicyclic) bond motifs is 2. The van der Waals surface area contributed by atoms with Crippen LogP contribution in [-0.4, -0.2) is 36.6 Å². The Bertz CT molecular complexity index is 1420. The van der Waals surface area contributed by atoms with Crippen molar-refractivity contribution in [1.82, 2.24) is 24.6 Å². The summed E-state index contributed by atoms with van der Waals surface area (Å²) in [5.41, 5.74) is 7.07. The molecule has 7 heteroatoms. The Labute approximate surface area is 185 Å². The molecule has 1 aromatic carbocycles. The molecule has 4 heterocycles. The molecule has 7 nitrogen and oxygen atoms in total. The summed E-state index contributed by atoms with van der Waals surface area (Å²) in [5, 5.41) is 15.4. The number of nitrogens with zero attached hydrogens (tertiary/aromatic N) is 5. The Hall–Kier alpha value is -4.18. The molecule has 0 unspecified atom stereocenters. The smallest absolute Gasteiger partial charge is 0.246 e. The molecular weight excluding hydrogens is 400 g/mol. The zero-order chi connectivity index (χ0) is 22.4. The molecule has 158 valence electrons. The van der Waals surface area contributed by atoms with Crippen LogP contribution in [0.3, 0.4) is 0 Å². The predicted molar refractivity (Wildman–Crippen MR) is 122 cm³/mol. The second kappa shape index (κ2) is 7.50. The van der Waals surface area contributed by atoms with Crippen LogP contribution >= 0.6 is 0 Å². The summed E-state index contributed by atoms with van der Waals surface area (Å²) in [6.07, 6.45) is 5.09. The number of nitrogens with one attached hydrogen (secondary N) is 1. The lowest BCUT2D eigenvalue weighted by molar-refractivity contribution is -0.129. The zero-order valence-corrected chi connectivity index (χ0v) is 18.0. The number of H-pyrrole nitrogens is 1. The van der Waals surface area contributed by atoms with Gasteiger partial charge in [-0.05, 0) is 49.2 Å². The molecule has 4 aromatic rings. The minimum atomic E-state index is -0.0957. The molecule has 0 bridgehead atoms. The lowest BCUT2D eigenvalue weighted by Crippen LogP contribution is -2.44. The number of aromatic nitrogens is 4. The number of hydrogen-bond donors (Lipinski definition) is 1. The third-order valence-corrected chi connectivity index (χ3v) is 6.11. The first-order valence-corrected chi connectivity index (χ1v) is 10.5. The summed E-state index contributed by atoms with van der Waals surface area (Å²) in [6.45, 7) is 8.74. The Morgan fingerprint density at radius 2 is 2.22 bits per heavy atom. The number of aromatic amines is 1. The molecule has 1 N–H and O–H groups in total. The van der Waals surface area contributed by atoms with Crippen molar-refractivity contribution in [1.29, 1.82) is 5.26 Å². The number of benzene rings is 1. The number of carbonyl (C=O) groups is 1. The van der Waals surface area contributed by atoms with E-state index in [4.69, 9.17) is 5.10 Å². The molecule has 1 amide bonds. The van der Waals surface area contributed by atoms with Crippen LogP contribution in [0.5, 0.6) is 0 Å². The summed E-state index contributed by atoms with van der Waals surface area (Å²) in [7, 11) is 0. The molecule has 1 aliphatic heterocycles. The Balaban J connectivity index is 1.81. The van der Waals surface area contributed by atoms with Gasteiger partial charge in [0.15, 0.2) is 0 Å². The van der Waals surface area contributed by atoms with Gasteiger partial charge in [-0.2, -0.15) is 10.4 Å². The fourth-order valence-electron chi connectivity index (χ4n) is 4.54. The van der Waals surface area contributed by atoms with Gasteiger partial charge in [-0.1, -0.05) is 18.7 Å². The summed E-state index contributed by atoms with van der Waals surface area (Å²) in [4.78, 5) is 22.1. The van der Waals surface area contributed by atoms with E-state index in [1.807, 2.05) is 53.9 Å². The maximum absolute atomic E-state index is 12.5. The quantitative estimate of drug-likeness (QED) is 0.501. The molecule has 0 aliphatic carbocycles. The van der Waals surface area contributed by atoms with E-state index in [1.165, 1.54) is 6.08 Å².